The molecule has 0 saturated heterocycles. The number of nitrogens with zero attached hydrogens (tertiary/aromatic N) is 2. The predicted molar refractivity (Wildman–Crippen MR) is 131 cm³/mol. The Kier molecular flexibility index (Phi) is 7.48. The lowest BCUT2D eigenvalue weighted by atomic mass is 10.1. The van der Waals surface area contributed by atoms with Gasteiger partial charge in [0.2, 0.25) is 0 Å². The molecule has 3 rings (SSSR count). The largest absolute Gasteiger partial charge is 0.271 e. The van der Waals surface area contributed by atoms with Gasteiger partial charge in [-0.1, -0.05) is 52.3 Å². The Bertz CT molecular complexity index is 1240. The van der Waals surface area contributed by atoms with Crippen molar-refractivity contribution >= 4 is 43.3 Å². The van der Waals surface area contributed by atoms with Gasteiger partial charge in [-0.25, -0.2) is 13.8 Å². The van der Waals surface area contributed by atoms with E-state index in [1.807, 2.05) is 44.2 Å². The summed E-state index contributed by atoms with van der Waals surface area (Å²) in [6.07, 6.45) is 0. The summed E-state index contributed by atoms with van der Waals surface area (Å²) in [6, 6.07) is 21.0. The van der Waals surface area contributed by atoms with Crippen LogP contribution in [0.5, 0.6) is 0 Å². The zero-order chi connectivity index (χ0) is 23.3. The van der Waals surface area contributed by atoms with Crippen molar-refractivity contribution in [1.29, 1.82) is 0 Å². The molecule has 3 aromatic rings. The Hall–Kier alpha value is -2.97. The Morgan fingerprint density at radius 3 is 2.25 bits per heavy atom. The molecule has 3 aromatic carbocycles. The van der Waals surface area contributed by atoms with E-state index in [-0.39, 0.29) is 4.90 Å². The van der Waals surface area contributed by atoms with Gasteiger partial charge >= 0.3 is 0 Å². The van der Waals surface area contributed by atoms with E-state index in [1.165, 1.54) is 12.1 Å². The maximum Gasteiger partial charge on any atom is 0.264 e. The van der Waals surface area contributed by atoms with Gasteiger partial charge in [0, 0.05) is 4.47 Å². The van der Waals surface area contributed by atoms with Gasteiger partial charge < -0.3 is 0 Å². The Morgan fingerprint density at radius 1 is 0.969 bits per heavy atom. The molecule has 0 fully saturated rings. The molecule has 0 bridgehead atoms. The summed E-state index contributed by atoms with van der Waals surface area (Å²) in [7, 11) is -3.96. The number of nitrogens with one attached hydrogen (secondary N) is 1. The van der Waals surface area contributed by atoms with E-state index in [9.17, 15) is 13.2 Å². The molecule has 0 aliphatic carbocycles. The van der Waals surface area contributed by atoms with Crippen LogP contribution in [0, 0.1) is 13.8 Å². The molecule has 0 saturated carbocycles. The molecule has 0 unspecified atom stereocenters. The van der Waals surface area contributed by atoms with E-state index in [0.717, 1.165) is 25.5 Å². The van der Waals surface area contributed by atoms with Gasteiger partial charge in [-0.2, -0.15) is 5.10 Å². The summed E-state index contributed by atoms with van der Waals surface area (Å²) in [5.41, 5.74) is 6.14. The molecule has 1 N–H and O–H groups in total. The van der Waals surface area contributed by atoms with Crippen LogP contribution in [0.4, 0.5) is 5.69 Å². The average Bonchev–Trinajstić information content (AvgIpc) is 2.75. The number of hydrazone groups is 1. The van der Waals surface area contributed by atoms with Crippen LogP contribution < -0.4 is 9.73 Å². The minimum absolute atomic E-state index is 0.112. The first-order chi connectivity index (χ1) is 15.2. The topological polar surface area (TPSA) is 78.8 Å². The second-order valence-electron chi connectivity index (χ2n) is 7.41. The monoisotopic (exact) mass is 513 g/mol. The Balaban J connectivity index is 1.90. The molecule has 0 radical (unpaired) electrons. The first-order valence-electron chi connectivity index (χ1n) is 9.92. The average molecular weight is 514 g/mol. The molecule has 0 aromatic heterocycles. The van der Waals surface area contributed by atoms with Crippen molar-refractivity contribution in [3.63, 3.8) is 0 Å². The number of sulfonamides is 1. The SMILES string of the molecule is C/C(=N/NC(=O)CN(c1cc(C)cc(C)c1)S(=O)(=O)c1ccccc1)c1cccc(Br)c1. The van der Waals surface area contributed by atoms with Crippen molar-refractivity contribution in [2.75, 3.05) is 10.8 Å². The van der Waals surface area contributed by atoms with Gasteiger partial charge in [-0.15, -0.1) is 0 Å². The molecule has 0 atom stereocenters. The second kappa shape index (κ2) is 10.1. The number of rotatable bonds is 7. The maximum absolute atomic E-state index is 13.4. The number of anilines is 1. The normalized spacial score (nSPS) is 11.8. The molecular formula is C24H24BrN3O3S. The minimum atomic E-state index is -3.96. The number of carbonyl (C=O) groups is 1. The molecule has 0 aliphatic rings. The van der Waals surface area contributed by atoms with Crippen LogP contribution in [0.2, 0.25) is 0 Å². The van der Waals surface area contributed by atoms with E-state index < -0.39 is 22.5 Å². The Labute approximate surface area is 197 Å². The molecule has 32 heavy (non-hydrogen) atoms. The molecule has 166 valence electrons. The third-order valence-electron chi connectivity index (χ3n) is 4.70. The molecule has 0 aliphatic heterocycles. The van der Waals surface area contributed by atoms with Crippen molar-refractivity contribution in [2.24, 2.45) is 5.10 Å². The number of amides is 1. The third kappa shape index (κ3) is 5.83. The smallest absolute Gasteiger partial charge is 0.264 e. The summed E-state index contributed by atoms with van der Waals surface area (Å²) in [5.74, 6) is -0.544. The van der Waals surface area contributed by atoms with Crippen LogP contribution in [-0.2, 0) is 14.8 Å². The fraction of sp³-hybridized carbons (Fsp3) is 0.167. The van der Waals surface area contributed by atoms with Crippen LogP contribution in [-0.4, -0.2) is 26.6 Å². The maximum atomic E-state index is 13.4. The standard InChI is InChI=1S/C24H24BrN3O3S/c1-17-12-18(2)14-22(13-17)28(32(30,31)23-10-5-4-6-11-23)16-24(29)27-26-19(3)20-8-7-9-21(25)15-20/h4-15H,16H2,1-3H3,(H,27,29)/b26-19-. The van der Waals surface area contributed by atoms with Crippen molar-refractivity contribution in [3.8, 4) is 0 Å². The first-order valence-corrected chi connectivity index (χ1v) is 12.2. The number of benzene rings is 3. The number of halogens is 1. The predicted octanol–water partition coefficient (Wildman–Crippen LogP) is 4.80. The van der Waals surface area contributed by atoms with Crippen molar-refractivity contribution in [1.82, 2.24) is 5.43 Å². The fourth-order valence-electron chi connectivity index (χ4n) is 3.22. The zero-order valence-corrected chi connectivity index (χ0v) is 20.4. The van der Waals surface area contributed by atoms with Gasteiger partial charge in [0.1, 0.15) is 6.54 Å². The highest BCUT2D eigenvalue weighted by atomic mass is 79.9. The summed E-state index contributed by atoms with van der Waals surface area (Å²) in [5, 5.41) is 4.15. The van der Waals surface area contributed by atoms with E-state index in [2.05, 4.69) is 26.5 Å². The van der Waals surface area contributed by atoms with E-state index in [0.29, 0.717) is 11.4 Å². The highest BCUT2D eigenvalue weighted by Crippen LogP contribution is 2.25. The van der Waals surface area contributed by atoms with E-state index in [1.54, 1.807) is 37.3 Å². The summed E-state index contributed by atoms with van der Waals surface area (Å²) >= 11 is 3.41. The Morgan fingerprint density at radius 2 is 1.62 bits per heavy atom. The lowest BCUT2D eigenvalue weighted by Crippen LogP contribution is -2.39. The van der Waals surface area contributed by atoms with E-state index >= 15 is 0 Å². The van der Waals surface area contributed by atoms with Crippen molar-refractivity contribution in [2.45, 2.75) is 25.7 Å². The van der Waals surface area contributed by atoms with Crippen molar-refractivity contribution < 1.29 is 13.2 Å². The molecule has 0 spiro atoms. The lowest BCUT2D eigenvalue weighted by molar-refractivity contribution is -0.119. The summed E-state index contributed by atoms with van der Waals surface area (Å²) < 4.78 is 28.8. The van der Waals surface area contributed by atoms with Gasteiger partial charge in [0.15, 0.2) is 0 Å². The number of hydrogen-bond acceptors (Lipinski definition) is 4. The van der Waals surface area contributed by atoms with Gasteiger partial charge in [0.05, 0.1) is 16.3 Å². The third-order valence-corrected chi connectivity index (χ3v) is 6.98. The fourth-order valence-corrected chi connectivity index (χ4v) is 5.04. The second-order valence-corrected chi connectivity index (χ2v) is 10.2. The molecular weight excluding hydrogens is 490 g/mol. The highest BCUT2D eigenvalue weighted by molar-refractivity contribution is 9.10. The zero-order valence-electron chi connectivity index (χ0n) is 18.0. The highest BCUT2D eigenvalue weighted by Gasteiger charge is 2.27. The van der Waals surface area contributed by atoms with Crippen LogP contribution in [0.1, 0.15) is 23.6 Å². The number of aryl methyl sites for hydroxylation is 2. The van der Waals surface area contributed by atoms with Crippen LogP contribution >= 0.6 is 15.9 Å². The summed E-state index contributed by atoms with van der Waals surface area (Å²) in [6.45, 7) is 5.13. The van der Waals surface area contributed by atoms with Crippen LogP contribution in [0.15, 0.2) is 87.3 Å². The quantitative estimate of drug-likeness (QED) is 0.364. The van der Waals surface area contributed by atoms with Crippen LogP contribution in [0.3, 0.4) is 0 Å². The van der Waals surface area contributed by atoms with Gasteiger partial charge in [0.25, 0.3) is 15.9 Å². The van der Waals surface area contributed by atoms with Gasteiger partial charge in [-0.05, 0) is 73.9 Å². The molecule has 6 nitrogen and oxygen atoms in total. The molecule has 8 heteroatoms. The number of carbonyl (C=O) groups excluding carboxylic acids is 1. The first kappa shape index (κ1) is 23.7. The van der Waals surface area contributed by atoms with E-state index in [4.69, 9.17) is 0 Å². The van der Waals surface area contributed by atoms with Crippen LogP contribution in [0.25, 0.3) is 0 Å². The lowest BCUT2D eigenvalue weighted by Gasteiger charge is -2.24. The minimum Gasteiger partial charge on any atom is -0.271 e. The number of hydrogen-bond donors (Lipinski definition) is 1. The van der Waals surface area contributed by atoms with Crippen molar-refractivity contribution in [3.05, 3.63) is 94.0 Å². The molecule has 1 amide bonds. The van der Waals surface area contributed by atoms with Gasteiger partial charge in [-0.3, -0.25) is 9.10 Å². The molecule has 0 heterocycles. The summed E-state index contributed by atoms with van der Waals surface area (Å²) in [4.78, 5) is 12.9.